The second kappa shape index (κ2) is 9.68. The first kappa shape index (κ1) is 23.1. The van der Waals surface area contributed by atoms with Crippen molar-refractivity contribution in [3.63, 3.8) is 0 Å². The number of benzene rings is 3. The van der Waals surface area contributed by atoms with Crippen molar-refractivity contribution in [1.82, 2.24) is 5.32 Å². The molecule has 0 aliphatic heterocycles. The highest BCUT2D eigenvalue weighted by Crippen LogP contribution is 2.29. The topological polar surface area (TPSA) is 66.5 Å². The summed E-state index contributed by atoms with van der Waals surface area (Å²) < 4.78 is 39.2. The van der Waals surface area contributed by atoms with Gasteiger partial charge in [0.1, 0.15) is 5.82 Å². The van der Waals surface area contributed by atoms with Gasteiger partial charge in [-0.15, -0.1) is 0 Å². The van der Waals surface area contributed by atoms with Crippen LogP contribution >= 0.6 is 23.2 Å². The summed E-state index contributed by atoms with van der Waals surface area (Å²) in [5.41, 5.74) is 1.81. The minimum absolute atomic E-state index is 0.0531. The summed E-state index contributed by atoms with van der Waals surface area (Å²) in [7, 11) is -3.65. The Morgan fingerprint density at radius 3 is 2.19 bits per heavy atom. The predicted octanol–water partition coefficient (Wildman–Crippen LogP) is 5.03. The van der Waals surface area contributed by atoms with Gasteiger partial charge in [0.05, 0.1) is 18.5 Å². The first-order valence-corrected chi connectivity index (χ1v) is 11.8. The second-order valence-corrected chi connectivity index (χ2v) is 9.55. The van der Waals surface area contributed by atoms with E-state index in [4.69, 9.17) is 23.2 Å². The lowest BCUT2D eigenvalue weighted by atomic mass is 10.1. The molecule has 5 nitrogen and oxygen atoms in total. The zero-order chi connectivity index (χ0) is 22.6. The van der Waals surface area contributed by atoms with E-state index in [0.29, 0.717) is 32.4 Å². The Kier molecular flexibility index (Phi) is 7.20. The molecular weight excluding hydrogens is 462 g/mol. The van der Waals surface area contributed by atoms with Gasteiger partial charge in [-0.3, -0.25) is 9.10 Å². The van der Waals surface area contributed by atoms with Gasteiger partial charge >= 0.3 is 0 Å². The molecule has 3 aromatic carbocycles. The third-order valence-electron chi connectivity index (χ3n) is 4.52. The Morgan fingerprint density at radius 1 is 1.00 bits per heavy atom. The summed E-state index contributed by atoms with van der Waals surface area (Å²) in [6.07, 6.45) is 1.08. The molecule has 0 aromatic heterocycles. The van der Waals surface area contributed by atoms with Crippen molar-refractivity contribution in [3.05, 3.63) is 99.3 Å². The molecule has 31 heavy (non-hydrogen) atoms. The van der Waals surface area contributed by atoms with Gasteiger partial charge in [-0.05, 0) is 54.1 Å². The van der Waals surface area contributed by atoms with Crippen LogP contribution in [0.3, 0.4) is 0 Å². The molecule has 162 valence electrons. The summed E-state index contributed by atoms with van der Waals surface area (Å²) >= 11 is 12.4. The minimum atomic E-state index is -3.65. The monoisotopic (exact) mass is 480 g/mol. The molecule has 0 bridgehead atoms. The maximum atomic E-state index is 13.3. The summed E-state index contributed by atoms with van der Waals surface area (Å²) in [5, 5.41) is 3.42. The van der Waals surface area contributed by atoms with Crippen LogP contribution in [0.25, 0.3) is 0 Å². The van der Waals surface area contributed by atoms with Gasteiger partial charge in [-0.1, -0.05) is 41.4 Å². The van der Waals surface area contributed by atoms with Gasteiger partial charge in [0.15, 0.2) is 0 Å². The number of carbonyl (C=O) groups excluding carboxylic acids is 1. The average molecular weight is 481 g/mol. The molecule has 1 N–H and O–H groups in total. The van der Waals surface area contributed by atoms with Crippen molar-refractivity contribution in [2.24, 2.45) is 0 Å². The largest absolute Gasteiger partial charge is 0.348 e. The van der Waals surface area contributed by atoms with Crippen molar-refractivity contribution >= 4 is 44.8 Å². The average Bonchev–Trinajstić information content (AvgIpc) is 2.71. The standard InChI is InChI=1S/C22H19Cl2FN2O3S/c1-31(29,30)27(14-19-20(23)6-3-7-21(19)24)18-10-8-16(9-11-18)22(28)26-13-15-4-2-5-17(25)12-15/h2-12H,13-14H2,1H3,(H,26,28). The number of amides is 1. The van der Waals surface area contributed by atoms with E-state index in [1.807, 2.05) is 0 Å². The van der Waals surface area contributed by atoms with Gasteiger partial charge in [0.25, 0.3) is 5.91 Å². The predicted molar refractivity (Wildman–Crippen MR) is 122 cm³/mol. The van der Waals surface area contributed by atoms with E-state index in [-0.39, 0.29) is 24.8 Å². The normalized spacial score (nSPS) is 11.2. The molecule has 0 spiro atoms. The fraction of sp³-hybridized carbons (Fsp3) is 0.136. The highest BCUT2D eigenvalue weighted by molar-refractivity contribution is 7.92. The lowest BCUT2D eigenvalue weighted by Crippen LogP contribution is -2.29. The minimum Gasteiger partial charge on any atom is -0.348 e. The van der Waals surface area contributed by atoms with Crippen LogP contribution in [-0.2, 0) is 23.1 Å². The van der Waals surface area contributed by atoms with E-state index in [2.05, 4.69) is 5.32 Å². The Balaban J connectivity index is 1.77. The van der Waals surface area contributed by atoms with Crippen LogP contribution in [0.15, 0.2) is 66.7 Å². The summed E-state index contributed by atoms with van der Waals surface area (Å²) in [6.45, 7) is 0.112. The third-order valence-corrected chi connectivity index (χ3v) is 6.37. The molecule has 1 amide bonds. The second-order valence-electron chi connectivity index (χ2n) is 6.83. The number of hydrogen-bond acceptors (Lipinski definition) is 3. The number of hydrogen-bond donors (Lipinski definition) is 1. The fourth-order valence-corrected chi connectivity index (χ4v) is 4.32. The molecule has 0 saturated heterocycles. The van der Waals surface area contributed by atoms with Crippen molar-refractivity contribution in [2.75, 3.05) is 10.6 Å². The smallest absolute Gasteiger partial charge is 0.251 e. The number of sulfonamides is 1. The molecule has 0 unspecified atom stereocenters. The van der Waals surface area contributed by atoms with E-state index in [1.165, 1.54) is 36.4 Å². The molecule has 0 aliphatic carbocycles. The van der Waals surface area contributed by atoms with Crippen molar-refractivity contribution in [2.45, 2.75) is 13.1 Å². The molecule has 0 aliphatic rings. The van der Waals surface area contributed by atoms with E-state index in [0.717, 1.165) is 10.6 Å². The maximum absolute atomic E-state index is 13.3. The number of halogens is 3. The van der Waals surface area contributed by atoms with Crippen LogP contribution in [0.2, 0.25) is 10.0 Å². The summed E-state index contributed by atoms with van der Waals surface area (Å²) in [5.74, 6) is -0.744. The molecule has 3 rings (SSSR count). The highest BCUT2D eigenvalue weighted by atomic mass is 35.5. The highest BCUT2D eigenvalue weighted by Gasteiger charge is 2.21. The first-order chi connectivity index (χ1) is 14.6. The van der Waals surface area contributed by atoms with Crippen molar-refractivity contribution in [1.29, 1.82) is 0 Å². The van der Waals surface area contributed by atoms with Crippen LogP contribution in [0.4, 0.5) is 10.1 Å². The molecule has 0 radical (unpaired) electrons. The summed E-state index contributed by atoms with van der Waals surface area (Å²) in [6, 6.07) is 17.0. The third kappa shape index (κ3) is 5.97. The number of rotatable bonds is 7. The van der Waals surface area contributed by atoms with Gasteiger partial charge in [0, 0.05) is 27.7 Å². The first-order valence-electron chi connectivity index (χ1n) is 9.18. The lowest BCUT2D eigenvalue weighted by Gasteiger charge is -2.23. The van der Waals surface area contributed by atoms with Gasteiger partial charge in [-0.2, -0.15) is 0 Å². The molecule has 0 fully saturated rings. The molecule has 3 aromatic rings. The SMILES string of the molecule is CS(=O)(=O)N(Cc1c(Cl)cccc1Cl)c1ccc(C(=O)NCc2cccc(F)c2)cc1. The zero-order valence-corrected chi connectivity index (χ0v) is 18.8. The Bertz CT molecular complexity index is 1180. The van der Waals surface area contributed by atoms with Crippen molar-refractivity contribution < 1.29 is 17.6 Å². The maximum Gasteiger partial charge on any atom is 0.251 e. The van der Waals surface area contributed by atoms with Crippen LogP contribution in [-0.4, -0.2) is 20.6 Å². The molecule has 0 atom stereocenters. The van der Waals surface area contributed by atoms with E-state index in [9.17, 15) is 17.6 Å². The van der Waals surface area contributed by atoms with Gasteiger partial charge in [0.2, 0.25) is 10.0 Å². The Hall–Kier alpha value is -2.61. The van der Waals surface area contributed by atoms with Crippen molar-refractivity contribution in [3.8, 4) is 0 Å². The fourth-order valence-electron chi connectivity index (χ4n) is 2.94. The van der Waals surface area contributed by atoms with Crippen LogP contribution in [0, 0.1) is 5.82 Å². The molecule has 0 saturated carbocycles. The quantitative estimate of drug-likeness (QED) is 0.515. The Labute approximate surface area is 190 Å². The lowest BCUT2D eigenvalue weighted by molar-refractivity contribution is 0.0951. The zero-order valence-electron chi connectivity index (χ0n) is 16.5. The van der Waals surface area contributed by atoms with E-state index in [1.54, 1.807) is 30.3 Å². The molecule has 0 heterocycles. The van der Waals surface area contributed by atoms with Crippen LogP contribution in [0.5, 0.6) is 0 Å². The van der Waals surface area contributed by atoms with Crippen LogP contribution < -0.4 is 9.62 Å². The van der Waals surface area contributed by atoms with E-state index >= 15 is 0 Å². The van der Waals surface area contributed by atoms with Crippen LogP contribution in [0.1, 0.15) is 21.5 Å². The molecular formula is C22H19Cl2FN2O3S. The van der Waals surface area contributed by atoms with E-state index < -0.39 is 10.0 Å². The van der Waals surface area contributed by atoms with Gasteiger partial charge < -0.3 is 5.32 Å². The molecule has 9 heteroatoms. The number of anilines is 1. The number of nitrogens with zero attached hydrogens (tertiary/aromatic N) is 1. The Morgan fingerprint density at radius 2 is 1.61 bits per heavy atom. The number of carbonyl (C=O) groups is 1. The summed E-state index contributed by atoms with van der Waals surface area (Å²) in [4.78, 5) is 12.4. The number of nitrogens with one attached hydrogen (secondary N) is 1. The van der Waals surface area contributed by atoms with Gasteiger partial charge in [-0.25, -0.2) is 12.8 Å².